The van der Waals surface area contributed by atoms with Gasteiger partial charge in [-0.1, -0.05) is 24.3 Å². The fraction of sp³-hybridized carbons (Fsp3) is 0.474. The third kappa shape index (κ3) is 8.32. The Labute approximate surface area is 460 Å². The summed E-state index contributed by atoms with van der Waals surface area (Å²) in [6.07, 6.45) is -9.71. The maximum Gasteiger partial charge on any atom is 0.202 e. The van der Waals surface area contributed by atoms with E-state index in [1.165, 1.54) is 50.6 Å². The molecule has 428 valence electrons. The van der Waals surface area contributed by atoms with E-state index in [0.29, 0.717) is 0 Å². The summed E-state index contributed by atoms with van der Waals surface area (Å²) in [6, 6.07) is 7.79. The Bertz CT molecular complexity index is 3180. The van der Waals surface area contributed by atoms with E-state index in [2.05, 4.69) is 0 Å². The number of hydrogen-bond acceptors (Lipinski definition) is 24. The second-order valence-corrected chi connectivity index (χ2v) is 22.0. The number of hydrogen-bond donors (Lipinski definition) is 8. The normalized spacial score (nSPS) is 31.3. The van der Waals surface area contributed by atoms with Crippen LogP contribution < -0.4 is 9.47 Å². The molecule has 4 aromatic rings. The van der Waals surface area contributed by atoms with Crippen LogP contribution in [0.3, 0.4) is 0 Å². The van der Waals surface area contributed by atoms with Gasteiger partial charge in [-0.3, -0.25) is 38.6 Å². The highest BCUT2D eigenvalue weighted by Crippen LogP contribution is 2.55. The van der Waals surface area contributed by atoms with E-state index in [4.69, 9.17) is 37.9 Å². The minimum atomic E-state index is -2.37. The summed E-state index contributed by atoms with van der Waals surface area (Å²) in [4.78, 5) is 87.2. The second-order valence-electron chi connectivity index (χ2n) is 22.0. The van der Waals surface area contributed by atoms with Crippen molar-refractivity contribution in [3.05, 3.63) is 103 Å². The fourth-order valence-corrected chi connectivity index (χ4v) is 13.6. The van der Waals surface area contributed by atoms with Gasteiger partial charge in [0.25, 0.3) is 0 Å². The highest BCUT2D eigenvalue weighted by Gasteiger charge is 2.55. The van der Waals surface area contributed by atoms with E-state index in [9.17, 15) is 69.6 Å². The molecule has 0 spiro atoms. The van der Waals surface area contributed by atoms with Crippen LogP contribution in [0.1, 0.15) is 138 Å². The molecule has 8 aliphatic rings. The predicted molar refractivity (Wildman–Crippen MR) is 271 cm³/mol. The number of phenolic OH excluding ortho intramolecular Hbond substituents is 4. The van der Waals surface area contributed by atoms with Crippen molar-refractivity contribution >= 4 is 34.7 Å². The first-order valence-electron chi connectivity index (χ1n) is 26.5. The number of carbonyl (C=O) groups is 6. The summed E-state index contributed by atoms with van der Waals surface area (Å²) in [5.74, 6) is -8.15. The molecule has 4 aliphatic heterocycles. The number of methoxy groups -OCH3 is 2. The van der Waals surface area contributed by atoms with Crippen molar-refractivity contribution in [3.63, 3.8) is 0 Å². The SMILES string of the molecule is COc1cccc2c1C(=O)c1c(O)c3c(c(O)c1C2=O)C[C@@](O)(C(=O)CO)C[C@@H]3O[C@H]1C[C@H]2[C@H](OCN2CN2CO[C@@H]3[C@H](C)O[C@@H](O[C@H]4C[C@](O)(C(=O)CO)Cc5c(O)c6c(c(O)c54)C(=O)c4c(OC)cccc4C6=O)C[C@@H]32)[C@H](C)O1. The van der Waals surface area contributed by atoms with Crippen LogP contribution in [0.5, 0.6) is 34.5 Å². The minimum Gasteiger partial charge on any atom is -0.507 e. The Morgan fingerprint density at radius 3 is 1.33 bits per heavy atom. The van der Waals surface area contributed by atoms with Crippen molar-refractivity contribution in [1.82, 2.24) is 9.80 Å². The van der Waals surface area contributed by atoms with Gasteiger partial charge in [-0.15, -0.1) is 0 Å². The average molecular weight is 1120 g/mol. The number of nitrogens with zero attached hydrogens (tertiary/aromatic N) is 2. The van der Waals surface area contributed by atoms with Gasteiger partial charge in [0.1, 0.15) is 84.6 Å². The second kappa shape index (κ2) is 20.0. The monoisotopic (exact) mass is 1120 g/mol. The van der Waals surface area contributed by atoms with Crippen LogP contribution in [0, 0.1) is 0 Å². The van der Waals surface area contributed by atoms with Gasteiger partial charge in [0.2, 0.25) is 11.6 Å². The number of aliphatic hydroxyl groups is 4. The molecule has 4 fully saturated rings. The summed E-state index contributed by atoms with van der Waals surface area (Å²) < 4.78 is 49.3. The van der Waals surface area contributed by atoms with Gasteiger partial charge in [-0.2, -0.15) is 0 Å². The number of ether oxygens (including phenoxy) is 8. The number of phenols is 4. The molecule has 24 nitrogen and oxygen atoms in total. The van der Waals surface area contributed by atoms with Crippen molar-refractivity contribution in [2.24, 2.45) is 0 Å². The Morgan fingerprint density at radius 1 is 0.580 bits per heavy atom. The summed E-state index contributed by atoms with van der Waals surface area (Å²) in [7, 11) is 2.62. The van der Waals surface area contributed by atoms with E-state index in [0.717, 1.165) is 0 Å². The van der Waals surface area contributed by atoms with Crippen LogP contribution in [0.4, 0.5) is 0 Å². The van der Waals surface area contributed by atoms with Crippen LogP contribution >= 0.6 is 0 Å². The molecule has 0 unspecified atom stereocenters. The standard InChI is InChI=1S/C57H58N2O22/c1-22-54-28(11-36(78-22)80-32-15-56(72,34(62)17-60)13-26-40(32)52(70)44-42(48(26)66)46(64)24-7-5-9-30(74-3)38(24)50(44)68)58(20-76-54)19-59-21-77-55-23(2)79-37(12-29(55)59)81-33-16-57(73,35(63)18-61)14-27-41(33)53(71)45-43(49(27)67)47(65)25-8-6-10-31(75-4)39(25)51(45)69/h5-10,22-23,28-29,32-33,36-37,54-55,60-61,66-67,70-73H,11-21H2,1-4H3/t22-,23-,28-,29-,32-,33-,36-,37-,54+,55+,56-,57-/m0/s1. The van der Waals surface area contributed by atoms with Crippen LogP contribution in [-0.2, 0) is 50.9 Å². The lowest BCUT2D eigenvalue weighted by Crippen LogP contribution is -2.55. The van der Waals surface area contributed by atoms with E-state index >= 15 is 0 Å². The summed E-state index contributed by atoms with van der Waals surface area (Å²) in [5, 5.41) is 91.7. The summed E-state index contributed by atoms with van der Waals surface area (Å²) >= 11 is 0. The molecular weight excluding hydrogens is 1060 g/mol. The third-order valence-electron chi connectivity index (χ3n) is 17.6. The molecule has 8 N–H and O–H groups in total. The smallest absolute Gasteiger partial charge is 0.202 e. The van der Waals surface area contributed by atoms with Crippen molar-refractivity contribution in [2.75, 3.05) is 47.6 Å². The Hall–Kier alpha value is -6.78. The Balaban J connectivity index is 0.808. The zero-order valence-corrected chi connectivity index (χ0v) is 44.2. The molecule has 24 heteroatoms. The average Bonchev–Trinajstić information content (AvgIpc) is 2.83. The van der Waals surface area contributed by atoms with Crippen LogP contribution in [0.15, 0.2) is 36.4 Å². The number of rotatable bonds is 12. The number of benzene rings is 4. The molecule has 0 saturated carbocycles. The van der Waals surface area contributed by atoms with Crippen molar-refractivity contribution in [1.29, 1.82) is 0 Å². The molecule has 4 heterocycles. The highest BCUT2D eigenvalue weighted by atomic mass is 16.7. The van der Waals surface area contributed by atoms with Gasteiger partial charge in [-0.25, -0.2) is 0 Å². The summed E-state index contributed by atoms with van der Waals surface area (Å²) in [5.41, 5.74) is -8.10. The molecule has 12 rings (SSSR count). The van der Waals surface area contributed by atoms with E-state index in [-0.39, 0.29) is 89.0 Å². The third-order valence-corrected chi connectivity index (χ3v) is 17.6. The number of aromatic hydroxyl groups is 4. The number of Topliss-reactive ketones (excluding diaryl/α,β-unsaturated/α-hetero) is 2. The molecule has 4 aromatic carbocycles. The number of aliphatic hydroxyl groups excluding tert-OH is 2. The minimum absolute atomic E-state index is 0.0509. The maximum absolute atomic E-state index is 14.2. The Morgan fingerprint density at radius 2 is 0.963 bits per heavy atom. The zero-order chi connectivity index (χ0) is 57.5. The van der Waals surface area contributed by atoms with Crippen molar-refractivity contribution < 1.29 is 108 Å². The van der Waals surface area contributed by atoms with Gasteiger partial charge in [0, 0.05) is 84.0 Å². The number of fused-ring (bicyclic) bond motifs is 8. The number of carbonyl (C=O) groups excluding carboxylic acids is 6. The van der Waals surface area contributed by atoms with Crippen LogP contribution in [0.25, 0.3) is 0 Å². The molecule has 0 bridgehead atoms. The van der Waals surface area contributed by atoms with Crippen LogP contribution in [0.2, 0.25) is 0 Å². The lowest BCUT2D eigenvalue weighted by atomic mass is 9.72. The molecule has 4 aliphatic carbocycles. The van der Waals surface area contributed by atoms with Gasteiger partial charge < -0.3 is 78.7 Å². The van der Waals surface area contributed by atoms with Gasteiger partial charge >= 0.3 is 0 Å². The number of ketones is 6. The summed E-state index contributed by atoms with van der Waals surface area (Å²) in [6.45, 7) is 1.77. The van der Waals surface area contributed by atoms with E-state index in [1.54, 1.807) is 13.8 Å². The zero-order valence-electron chi connectivity index (χ0n) is 44.2. The first-order chi connectivity index (χ1) is 38.7. The van der Waals surface area contributed by atoms with E-state index < -0.39 is 191 Å². The molecule has 4 saturated heterocycles. The van der Waals surface area contributed by atoms with Gasteiger partial charge in [0.15, 0.2) is 35.7 Å². The molecule has 0 amide bonds. The van der Waals surface area contributed by atoms with Crippen LogP contribution in [-0.4, -0.2) is 193 Å². The topological polar surface area (TPSA) is 345 Å². The van der Waals surface area contributed by atoms with E-state index in [1.807, 2.05) is 9.80 Å². The van der Waals surface area contributed by atoms with Crippen molar-refractivity contribution in [2.45, 2.75) is 125 Å². The molecule has 12 atom stereocenters. The fourth-order valence-electron chi connectivity index (χ4n) is 13.6. The predicted octanol–water partition coefficient (Wildman–Crippen LogP) is 1.65. The Kier molecular flexibility index (Phi) is 13.5. The lowest BCUT2D eigenvalue weighted by Gasteiger charge is -2.44. The molecule has 0 aromatic heterocycles. The first-order valence-corrected chi connectivity index (χ1v) is 26.5. The van der Waals surface area contributed by atoms with Gasteiger partial charge in [-0.05, 0) is 26.0 Å². The largest absolute Gasteiger partial charge is 0.507 e. The maximum atomic E-state index is 14.2. The molecule has 81 heavy (non-hydrogen) atoms. The lowest BCUT2D eigenvalue weighted by molar-refractivity contribution is -0.248. The quantitative estimate of drug-likeness (QED) is 0.0808. The molecular formula is C57H58N2O22. The molecule has 0 radical (unpaired) electrons. The van der Waals surface area contributed by atoms with Crippen molar-refractivity contribution in [3.8, 4) is 34.5 Å². The first kappa shape index (κ1) is 54.8. The van der Waals surface area contributed by atoms with Gasteiger partial charge in [0.05, 0.1) is 78.7 Å². The highest BCUT2D eigenvalue weighted by molar-refractivity contribution is 6.32.